The molecule has 0 aliphatic rings. The summed E-state index contributed by atoms with van der Waals surface area (Å²) >= 11 is 7.22. The van der Waals surface area contributed by atoms with E-state index < -0.39 is 5.25 Å². The number of amides is 1. The molecule has 1 amide bonds. The predicted octanol–water partition coefficient (Wildman–Crippen LogP) is 4.33. The Hall–Kier alpha value is -2.38. The second kappa shape index (κ2) is 8.33. The number of nitrogens with one attached hydrogen (secondary N) is 1. The van der Waals surface area contributed by atoms with E-state index in [1.165, 1.54) is 12.1 Å². The lowest BCUT2D eigenvalue weighted by Crippen LogP contribution is -2.30. The van der Waals surface area contributed by atoms with Crippen molar-refractivity contribution in [3.8, 4) is 11.5 Å². The molecule has 5 nitrogen and oxygen atoms in total. The molecule has 2 aromatic carbocycles. The molecule has 0 saturated carbocycles. The van der Waals surface area contributed by atoms with Crippen molar-refractivity contribution < 1.29 is 13.6 Å². The zero-order chi connectivity index (χ0) is 18.5. The average molecular weight is 392 g/mol. The molecule has 1 N–H and O–H groups in total. The minimum Gasteiger partial charge on any atom is -0.411 e. The summed E-state index contributed by atoms with van der Waals surface area (Å²) in [7, 11) is 0. The van der Waals surface area contributed by atoms with Gasteiger partial charge in [-0.3, -0.25) is 4.79 Å². The van der Waals surface area contributed by atoms with Crippen molar-refractivity contribution in [3.63, 3.8) is 0 Å². The summed E-state index contributed by atoms with van der Waals surface area (Å²) in [6, 6.07) is 13.1. The summed E-state index contributed by atoms with van der Waals surface area (Å²) in [6.07, 6.45) is 0. The number of benzene rings is 2. The van der Waals surface area contributed by atoms with Gasteiger partial charge in [-0.1, -0.05) is 41.6 Å². The Bertz CT molecular complexity index is 901. The van der Waals surface area contributed by atoms with Gasteiger partial charge in [0.25, 0.3) is 5.22 Å². The second-order valence-electron chi connectivity index (χ2n) is 5.45. The molecule has 1 aromatic heterocycles. The highest BCUT2D eigenvalue weighted by atomic mass is 35.5. The van der Waals surface area contributed by atoms with Crippen LogP contribution in [0.15, 0.2) is 58.2 Å². The van der Waals surface area contributed by atoms with Gasteiger partial charge in [0.2, 0.25) is 11.8 Å². The monoisotopic (exact) mass is 391 g/mol. The van der Waals surface area contributed by atoms with E-state index in [1.54, 1.807) is 25.1 Å². The molecule has 0 aliphatic heterocycles. The Balaban J connectivity index is 1.57. The van der Waals surface area contributed by atoms with E-state index in [4.69, 9.17) is 16.0 Å². The normalized spacial score (nSPS) is 12.0. The Morgan fingerprint density at radius 1 is 1.23 bits per heavy atom. The van der Waals surface area contributed by atoms with Crippen LogP contribution in [0.3, 0.4) is 0 Å². The summed E-state index contributed by atoms with van der Waals surface area (Å²) in [6.45, 7) is 2.09. The number of carbonyl (C=O) groups is 1. The van der Waals surface area contributed by atoms with Crippen molar-refractivity contribution >= 4 is 29.3 Å². The van der Waals surface area contributed by atoms with Crippen molar-refractivity contribution in [1.29, 1.82) is 0 Å². The number of rotatable bonds is 6. The molecule has 0 fully saturated rings. The minimum absolute atomic E-state index is 0.170. The van der Waals surface area contributed by atoms with Gasteiger partial charge in [0, 0.05) is 17.1 Å². The third-order valence-electron chi connectivity index (χ3n) is 3.56. The smallest absolute Gasteiger partial charge is 0.277 e. The summed E-state index contributed by atoms with van der Waals surface area (Å²) in [5.74, 6) is -0.237. The number of thioether (sulfide) groups is 1. The van der Waals surface area contributed by atoms with Crippen molar-refractivity contribution in [2.75, 3.05) is 0 Å². The first-order chi connectivity index (χ1) is 12.5. The number of carbonyl (C=O) groups excluding carboxylic acids is 1. The van der Waals surface area contributed by atoms with Crippen molar-refractivity contribution in [2.24, 2.45) is 0 Å². The van der Waals surface area contributed by atoms with Crippen LogP contribution in [0.1, 0.15) is 12.5 Å². The number of hydrogen-bond donors (Lipinski definition) is 1. The van der Waals surface area contributed by atoms with Crippen LogP contribution in [0.2, 0.25) is 5.02 Å². The molecular weight excluding hydrogens is 377 g/mol. The van der Waals surface area contributed by atoms with E-state index in [1.807, 2.05) is 18.2 Å². The quantitative estimate of drug-likeness (QED) is 0.633. The lowest BCUT2D eigenvalue weighted by atomic mass is 10.2. The third-order valence-corrected chi connectivity index (χ3v) is 4.86. The van der Waals surface area contributed by atoms with Gasteiger partial charge < -0.3 is 9.73 Å². The standard InChI is InChI=1S/C18H15ClFN3O2S/c1-11(16(24)21-10-13-4-2-3-5-15(13)19)26-18-23-22-17(25-18)12-6-8-14(20)9-7-12/h2-9,11H,10H2,1H3,(H,21,24)/t11-/m0/s1. The van der Waals surface area contributed by atoms with Gasteiger partial charge in [0.15, 0.2) is 0 Å². The zero-order valence-electron chi connectivity index (χ0n) is 13.8. The Morgan fingerprint density at radius 2 is 1.96 bits per heavy atom. The van der Waals surface area contributed by atoms with Gasteiger partial charge in [-0.05, 0) is 42.8 Å². The van der Waals surface area contributed by atoms with Gasteiger partial charge in [-0.25, -0.2) is 4.39 Å². The van der Waals surface area contributed by atoms with Crippen LogP contribution in [-0.4, -0.2) is 21.4 Å². The maximum atomic E-state index is 13.0. The molecule has 0 bridgehead atoms. The van der Waals surface area contributed by atoms with E-state index >= 15 is 0 Å². The molecule has 0 unspecified atom stereocenters. The molecule has 8 heteroatoms. The Kier molecular flexibility index (Phi) is 5.90. The number of hydrogen-bond acceptors (Lipinski definition) is 5. The maximum absolute atomic E-state index is 13.0. The first kappa shape index (κ1) is 18.4. The van der Waals surface area contributed by atoms with Gasteiger partial charge in [-0.2, -0.15) is 0 Å². The average Bonchev–Trinajstić information content (AvgIpc) is 3.09. The highest BCUT2D eigenvalue weighted by Gasteiger charge is 2.18. The lowest BCUT2D eigenvalue weighted by Gasteiger charge is -2.10. The van der Waals surface area contributed by atoms with Gasteiger partial charge >= 0.3 is 0 Å². The lowest BCUT2D eigenvalue weighted by molar-refractivity contribution is -0.120. The first-order valence-corrected chi connectivity index (χ1v) is 9.06. The zero-order valence-corrected chi connectivity index (χ0v) is 15.4. The van der Waals surface area contributed by atoms with E-state index in [2.05, 4.69) is 15.5 Å². The summed E-state index contributed by atoms with van der Waals surface area (Å²) in [5.41, 5.74) is 1.46. The molecule has 1 heterocycles. The first-order valence-electron chi connectivity index (χ1n) is 7.80. The van der Waals surface area contributed by atoms with Crippen molar-refractivity contribution in [3.05, 3.63) is 64.9 Å². The number of halogens is 2. The van der Waals surface area contributed by atoms with E-state index in [-0.39, 0.29) is 22.8 Å². The molecule has 26 heavy (non-hydrogen) atoms. The molecule has 0 aliphatic carbocycles. The fraction of sp³-hybridized carbons (Fsp3) is 0.167. The highest BCUT2D eigenvalue weighted by Crippen LogP contribution is 2.26. The van der Waals surface area contributed by atoms with Crippen LogP contribution < -0.4 is 5.32 Å². The fourth-order valence-corrected chi connectivity index (χ4v) is 3.05. The molecule has 134 valence electrons. The molecule has 1 atom stereocenters. The predicted molar refractivity (Wildman–Crippen MR) is 98.3 cm³/mol. The number of aromatic nitrogens is 2. The summed E-state index contributed by atoms with van der Waals surface area (Å²) in [4.78, 5) is 12.2. The summed E-state index contributed by atoms with van der Waals surface area (Å²) in [5, 5.41) is 11.1. The molecule has 0 radical (unpaired) electrons. The van der Waals surface area contributed by atoms with E-state index in [9.17, 15) is 9.18 Å². The topological polar surface area (TPSA) is 68.0 Å². The molecular formula is C18H15ClFN3O2S. The fourth-order valence-electron chi connectivity index (χ4n) is 2.14. The van der Waals surface area contributed by atoms with Gasteiger partial charge in [0.1, 0.15) is 5.82 Å². The molecule has 0 saturated heterocycles. The minimum atomic E-state index is -0.431. The van der Waals surface area contributed by atoms with Crippen LogP contribution in [0, 0.1) is 5.82 Å². The van der Waals surface area contributed by atoms with E-state index in [0.29, 0.717) is 17.1 Å². The van der Waals surface area contributed by atoms with Crippen LogP contribution in [0.4, 0.5) is 4.39 Å². The van der Waals surface area contributed by atoms with Crippen LogP contribution in [0.25, 0.3) is 11.5 Å². The maximum Gasteiger partial charge on any atom is 0.277 e. The Morgan fingerprint density at radius 3 is 2.69 bits per heavy atom. The van der Waals surface area contributed by atoms with Crippen molar-refractivity contribution in [1.82, 2.24) is 15.5 Å². The van der Waals surface area contributed by atoms with Gasteiger partial charge in [-0.15, -0.1) is 10.2 Å². The van der Waals surface area contributed by atoms with Crippen LogP contribution in [0.5, 0.6) is 0 Å². The van der Waals surface area contributed by atoms with E-state index in [0.717, 1.165) is 17.3 Å². The third kappa shape index (κ3) is 4.62. The van der Waals surface area contributed by atoms with Crippen molar-refractivity contribution in [2.45, 2.75) is 23.9 Å². The highest BCUT2D eigenvalue weighted by molar-refractivity contribution is 8.00. The Labute approximate surface area is 159 Å². The largest absolute Gasteiger partial charge is 0.411 e. The molecule has 0 spiro atoms. The van der Waals surface area contributed by atoms with Gasteiger partial charge in [0.05, 0.1) is 5.25 Å². The molecule has 3 aromatic rings. The SMILES string of the molecule is C[C@H](Sc1nnc(-c2ccc(F)cc2)o1)C(=O)NCc1ccccc1Cl. The van der Waals surface area contributed by atoms with Crippen LogP contribution >= 0.6 is 23.4 Å². The summed E-state index contributed by atoms with van der Waals surface area (Å²) < 4.78 is 18.5. The molecule has 3 rings (SSSR count). The second-order valence-corrected chi connectivity index (χ2v) is 7.15. The number of nitrogens with zero attached hydrogens (tertiary/aromatic N) is 2. The van der Waals surface area contributed by atoms with Crippen LogP contribution in [-0.2, 0) is 11.3 Å².